The number of nitrogens with one attached hydrogen (secondary N) is 1. The maximum absolute atomic E-state index is 11.4. The summed E-state index contributed by atoms with van der Waals surface area (Å²) in [5.41, 5.74) is 1.68. The van der Waals surface area contributed by atoms with Gasteiger partial charge in [-0.25, -0.2) is 14.3 Å². The third kappa shape index (κ3) is 3.17. The average molecular weight is 246 g/mol. The van der Waals surface area contributed by atoms with Crippen molar-refractivity contribution in [2.75, 3.05) is 0 Å². The van der Waals surface area contributed by atoms with Crippen LogP contribution in [0, 0.1) is 0 Å². The molecular formula is C8H10N2O5S. The van der Waals surface area contributed by atoms with Gasteiger partial charge in [-0.15, -0.1) is 0 Å². The van der Waals surface area contributed by atoms with Gasteiger partial charge < -0.3 is 4.42 Å². The molecule has 1 aromatic rings. The van der Waals surface area contributed by atoms with E-state index in [0.29, 0.717) is 0 Å². The van der Waals surface area contributed by atoms with Gasteiger partial charge in [-0.1, -0.05) is 0 Å². The molecule has 7 nitrogen and oxygen atoms in total. The molecule has 88 valence electrons. The predicted octanol–water partition coefficient (Wildman–Crippen LogP) is -0.899. The Labute approximate surface area is 91.5 Å². The Hall–Kier alpha value is -1.67. The van der Waals surface area contributed by atoms with Crippen molar-refractivity contribution in [2.24, 2.45) is 5.84 Å². The van der Waals surface area contributed by atoms with Gasteiger partial charge in [0.1, 0.15) is 17.9 Å². The van der Waals surface area contributed by atoms with Crippen molar-refractivity contribution in [1.82, 2.24) is 5.43 Å². The zero-order valence-corrected chi connectivity index (χ0v) is 8.99. The highest BCUT2D eigenvalue weighted by molar-refractivity contribution is 8.05. The topological polar surface area (TPSA) is 119 Å². The van der Waals surface area contributed by atoms with Crippen molar-refractivity contribution in [3.05, 3.63) is 24.2 Å². The molecule has 0 aromatic carbocycles. The number of hydrazine groups is 1. The summed E-state index contributed by atoms with van der Waals surface area (Å²) in [6.07, 6.45) is 0.501. The molecule has 1 heterocycles. The van der Waals surface area contributed by atoms with E-state index in [2.05, 4.69) is 0 Å². The van der Waals surface area contributed by atoms with Crippen molar-refractivity contribution in [3.63, 3.8) is 0 Å². The second kappa shape index (κ2) is 4.90. The molecule has 0 radical (unpaired) electrons. The summed E-state index contributed by atoms with van der Waals surface area (Å²) >= 11 is 0. The first kappa shape index (κ1) is 12.4. The van der Waals surface area contributed by atoms with Crippen LogP contribution in [0.2, 0.25) is 0 Å². The molecule has 0 atom stereocenters. The molecule has 3 N–H and O–H groups in total. The van der Waals surface area contributed by atoms with E-state index < -0.39 is 33.0 Å². The van der Waals surface area contributed by atoms with Crippen LogP contribution in [0.25, 0.3) is 0 Å². The van der Waals surface area contributed by atoms with Gasteiger partial charge in [0.25, 0.3) is 5.12 Å². The van der Waals surface area contributed by atoms with E-state index in [-0.39, 0.29) is 5.76 Å². The molecule has 0 aliphatic heterocycles. The van der Waals surface area contributed by atoms with Crippen LogP contribution in [0.15, 0.2) is 22.8 Å². The number of hydrogen-bond acceptors (Lipinski definition) is 6. The van der Waals surface area contributed by atoms with Crippen LogP contribution in [0.5, 0.6) is 0 Å². The Balaban J connectivity index is 2.71. The SMILES string of the molecule is NNC(=O)CC(=O)S(=O)(=O)Cc1ccco1. The van der Waals surface area contributed by atoms with Crippen LogP contribution >= 0.6 is 0 Å². The molecule has 1 rings (SSSR count). The monoisotopic (exact) mass is 246 g/mol. The van der Waals surface area contributed by atoms with Gasteiger partial charge in [-0.3, -0.25) is 15.0 Å². The number of carbonyl (C=O) groups excluding carboxylic acids is 2. The maximum atomic E-state index is 11.4. The lowest BCUT2D eigenvalue weighted by molar-refractivity contribution is -0.125. The number of rotatable bonds is 4. The number of amides is 1. The first-order chi connectivity index (χ1) is 7.45. The summed E-state index contributed by atoms with van der Waals surface area (Å²) in [6, 6.07) is 2.93. The lowest BCUT2D eigenvalue weighted by Gasteiger charge is -2.00. The lowest BCUT2D eigenvalue weighted by Crippen LogP contribution is -2.33. The first-order valence-electron chi connectivity index (χ1n) is 4.23. The zero-order chi connectivity index (χ0) is 12.2. The molecule has 0 bridgehead atoms. The minimum Gasteiger partial charge on any atom is -0.468 e. The molecule has 0 aliphatic carbocycles. The molecule has 8 heteroatoms. The largest absolute Gasteiger partial charge is 0.468 e. The highest BCUT2D eigenvalue weighted by Crippen LogP contribution is 2.09. The van der Waals surface area contributed by atoms with Crippen LogP contribution in [0.4, 0.5) is 0 Å². The van der Waals surface area contributed by atoms with Crippen molar-refractivity contribution in [1.29, 1.82) is 0 Å². The van der Waals surface area contributed by atoms with Gasteiger partial charge in [0.05, 0.1) is 6.26 Å². The highest BCUT2D eigenvalue weighted by atomic mass is 32.2. The lowest BCUT2D eigenvalue weighted by atomic mass is 10.4. The van der Waals surface area contributed by atoms with E-state index >= 15 is 0 Å². The molecule has 1 aromatic heterocycles. The van der Waals surface area contributed by atoms with Crippen molar-refractivity contribution >= 4 is 20.9 Å². The Morgan fingerprint density at radius 3 is 2.62 bits per heavy atom. The molecule has 0 spiro atoms. The third-order valence-electron chi connectivity index (χ3n) is 1.73. The predicted molar refractivity (Wildman–Crippen MR) is 53.3 cm³/mol. The molecule has 0 fully saturated rings. The second-order valence-electron chi connectivity index (χ2n) is 2.95. The quantitative estimate of drug-likeness (QED) is 0.307. The average Bonchev–Trinajstić information content (AvgIpc) is 2.69. The molecule has 0 aliphatic rings. The van der Waals surface area contributed by atoms with Crippen LogP contribution in [-0.2, 0) is 25.2 Å². The van der Waals surface area contributed by atoms with Gasteiger partial charge >= 0.3 is 0 Å². The van der Waals surface area contributed by atoms with Crippen molar-refractivity contribution < 1.29 is 22.4 Å². The van der Waals surface area contributed by atoms with Crippen molar-refractivity contribution in [2.45, 2.75) is 12.2 Å². The fourth-order valence-corrected chi connectivity index (χ4v) is 2.01. The molecule has 1 amide bonds. The summed E-state index contributed by atoms with van der Waals surface area (Å²) in [7, 11) is -4.04. The van der Waals surface area contributed by atoms with E-state index in [0.717, 1.165) is 0 Å². The van der Waals surface area contributed by atoms with E-state index in [9.17, 15) is 18.0 Å². The fourth-order valence-electron chi connectivity index (χ4n) is 0.955. The molecular weight excluding hydrogens is 236 g/mol. The van der Waals surface area contributed by atoms with Crippen molar-refractivity contribution in [3.8, 4) is 0 Å². The third-order valence-corrected chi connectivity index (χ3v) is 3.23. The Morgan fingerprint density at radius 2 is 2.12 bits per heavy atom. The van der Waals surface area contributed by atoms with Crippen LogP contribution < -0.4 is 11.3 Å². The minimum absolute atomic E-state index is 0.140. The zero-order valence-electron chi connectivity index (χ0n) is 8.17. The van der Waals surface area contributed by atoms with Gasteiger partial charge in [-0.2, -0.15) is 0 Å². The summed E-state index contributed by atoms with van der Waals surface area (Å²) in [4.78, 5) is 21.9. The number of nitrogens with two attached hydrogens (primary N) is 1. The molecule has 16 heavy (non-hydrogen) atoms. The van der Waals surface area contributed by atoms with Crippen LogP contribution in [0.1, 0.15) is 12.2 Å². The summed E-state index contributed by atoms with van der Waals surface area (Å²) in [5, 5.41) is -1.19. The Morgan fingerprint density at radius 1 is 1.44 bits per heavy atom. The van der Waals surface area contributed by atoms with Gasteiger partial charge in [0.2, 0.25) is 15.7 Å². The standard InChI is InChI=1S/C8H10N2O5S/c9-10-7(11)4-8(12)16(13,14)5-6-2-1-3-15-6/h1-3H,4-5,9H2,(H,10,11). The van der Waals surface area contributed by atoms with E-state index in [4.69, 9.17) is 10.3 Å². The molecule has 0 unspecified atom stereocenters. The molecule has 0 saturated carbocycles. The Kier molecular flexibility index (Phi) is 3.80. The first-order valence-corrected chi connectivity index (χ1v) is 5.88. The summed E-state index contributed by atoms with van der Waals surface area (Å²) < 4.78 is 27.6. The smallest absolute Gasteiger partial charge is 0.256 e. The number of carbonyl (C=O) groups is 2. The fraction of sp³-hybridized carbons (Fsp3) is 0.250. The van der Waals surface area contributed by atoms with E-state index in [1.165, 1.54) is 18.4 Å². The number of hydrogen-bond donors (Lipinski definition) is 2. The van der Waals surface area contributed by atoms with E-state index in [1.54, 1.807) is 5.43 Å². The van der Waals surface area contributed by atoms with Gasteiger partial charge in [0, 0.05) is 0 Å². The number of furan rings is 1. The Bertz CT molecular complexity index is 477. The van der Waals surface area contributed by atoms with Gasteiger partial charge in [-0.05, 0) is 12.1 Å². The van der Waals surface area contributed by atoms with E-state index in [1.807, 2.05) is 0 Å². The normalized spacial score (nSPS) is 11.1. The second-order valence-corrected chi connectivity index (χ2v) is 4.93. The minimum atomic E-state index is -4.04. The summed E-state index contributed by atoms with van der Waals surface area (Å²) in [6.45, 7) is 0. The maximum Gasteiger partial charge on any atom is 0.256 e. The highest BCUT2D eigenvalue weighted by Gasteiger charge is 2.25. The van der Waals surface area contributed by atoms with Crippen LogP contribution in [-0.4, -0.2) is 19.4 Å². The molecule has 0 saturated heterocycles. The number of sulfone groups is 1. The van der Waals surface area contributed by atoms with Gasteiger partial charge in [0.15, 0.2) is 0 Å². The van der Waals surface area contributed by atoms with Crippen LogP contribution in [0.3, 0.4) is 0 Å². The summed E-state index contributed by atoms with van der Waals surface area (Å²) in [5.74, 6) is 3.46.